The molecule has 3 nitrogen and oxygen atoms in total. The Morgan fingerprint density at radius 3 is 2.37 bits per heavy atom. The Morgan fingerprint density at radius 2 is 1.68 bits per heavy atom. The minimum absolute atomic E-state index is 0. The number of esters is 1. The summed E-state index contributed by atoms with van der Waals surface area (Å²) in [5, 5.41) is 0. The minimum atomic E-state index is -0.296. The Balaban J connectivity index is 0.00000324. The normalized spacial score (nSPS) is 9.58. The number of carbonyl (C=O) groups is 1. The Labute approximate surface area is 134 Å². The van der Waals surface area contributed by atoms with Crippen LogP contribution in [0.2, 0.25) is 0 Å². The van der Waals surface area contributed by atoms with Gasteiger partial charge in [0.15, 0.2) is 0 Å². The van der Waals surface area contributed by atoms with Crippen LogP contribution in [0.1, 0.15) is 49.9 Å². The second kappa shape index (κ2) is 11.2. The maximum Gasteiger partial charge on any atom is 0.341 e. The Bertz CT molecular complexity index is 366. The molecule has 0 unspecified atom stereocenters. The van der Waals surface area contributed by atoms with Crippen molar-refractivity contribution >= 4 is 5.97 Å². The van der Waals surface area contributed by atoms with Crippen molar-refractivity contribution in [2.75, 3.05) is 13.2 Å². The number of carbonyl (C=O) groups excluding carboxylic acids is 1. The van der Waals surface area contributed by atoms with Crippen LogP contribution in [-0.2, 0) is 30.9 Å². The average molecular weight is 342 g/mol. The molecule has 0 fully saturated rings. The van der Waals surface area contributed by atoms with Gasteiger partial charge in [-0.05, 0) is 25.0 Å². The van der Waals surface area contributed by atoms with E-state index in [1.807, 2.05) is 18.2 Å². The van der Waals surface area contributed by atoms with Crippen LogP contribution in [0.25, 0.3) is 0 Å². The molecule has 104 valence electrons. The quantitative estimate of drug-likeness (QED) is 0.533. The van der Waals surface area contributed by atoms with Gasteiger partial charge in [0.2, 0.25) is 0 Å². The fourth-order valence-electron chi connectivity index (χ4n) is 1.47. The van der Waals surface area contributed by atoms with Crippen molar-refractivity contribution in [1.82, 2.24) is 0 Å². The van der Waals surface area contributed by atoms with Crippen molar-refractivity contribution in [1.29, 1.82) is 0 Å². The summed E-state index contributed by atoms with van der Waals surface area (Å²) in [5.41, 5.74) is 0.518. The van der Waals surface area contributed by atoms with Gasteiger partial charge in [-0.2, -0.15) is 0 Å². The molecule has 0 aliphatic carbocycles. The van der Waals surface area contributed by atoms with Crippen LogP contribution in [0.15, 0.2) is 24.3 Å². The van der Waals surface area contributed by atoms with Crippen LogP contribution in [0.5, 0.6) is 5.75 Å². The van der Waals surface area contributed by atoms with Gasteiger partial charge in [0.1, 0.15) is 11.3 Å². The Hall–Kier alpha value is -0.627. The van der Waals surface area contributed by atoms with Gasteiger partial charge in [-0.25, -0.2) is 4.79 Å². The van der Waals surface area contributed by atoms with Crippen LogP contribution in [-0.4, -0.2) is 19.2 Å². The first-order chi connectivity index (χ1) is 8.79. The fraction of sp³-hybridized carbons (Fsp3) is 0.533. The van der Waals surface area contributed by atoms with E-state index in [1.165, 1.54) is 0 Å². The first-order valence-electron chi connectivity index (χ1n) is 6.68. The van der Waals surface area contributed by atoms with Crippen LogP contribution >= 0.6 is 0 Å². The predicted octanol–water partition coefficient (Wildman–Crippen LogP) is 3.82. The third-order valence-electron chi connectivity index (χ3n) is 2.59. The largest absolute Gasteiger partial charge is 0.493 e. The molecule has 0 saturated carbocycles. The van der Waals surface area contributed by atoms with Crippen molar-refractivity contribution < 1.29 is 40.5 Å². The molecule has 1 aromatic carbocycles. The maximum atomic E-state index is 11.9. The maximum absolute atomic E-state index is 11.9. The summed E-state index contributed by atoms with van der Waals surface area (Å²) < 4.78 is 10.8. The Kier molecular flexibility index (Phi) is 10.9. The number of unbranched alkanes of at least 4 members (excludes halogenated alkanes) is 2. The summed E-state index contributed by atoms with van der Waals surface area (Å²) in [7, 11) is 0. The molecule has 1 aromatic rings. The first kappa shape index (κ1) is 18.4. The van der Waals surface area contributed by atoms with E-state index in [9.17, 15) is 4.79 Å². The zero-order valence-electron chi connectivity index (χ0n) is 11.8. The van der Waals surface area contributed by atoms with Crippen LogP contribution in [0, 0.1) is 0 Å². The van der Waals surface area contributed by atoms with E-state index in [2.05, 4.69) is 13.8 Å². The van der Waals surface area contributed by atoms with Crippen LogP contribution in [0.4, 0.5) is 0 Å². The van der Waals surface area contributed by atoms with Crippen molar-refractivity contribution in [3.8, 4) is 5.75 Å². The number of para-hydroxylation sites is 1. The Morgan fingerprint density at radius 1 is 1.05 bits per heavy atom. The predicted molar refractivity (Wildman–Crippen MR) is 72.0 cm³/mol. The molecule has 0 aliphatic heterocycles. The first-order valence-corrected chi connectivity index (χ1v) is 6.68. The van der Waals surface area contributed by atoms with Crippen LogP contribution < -0.4 is 4.74 Å². The van der Waals surface area contributed by atoms with Gasteiger partial charge in [0, 0.05) is 26.2 Å². The van der Waals surface area contributed by atoms with Gasteiger partial charge in [0.05, 0.1) is 13.2 Å². The number of hydrogen-bond donors (Lipinski definition) is 0. The van der Waals surface area contributed by atoms with Gasteiger partial charge in [-0.15, -0.1) is 0 Å². The smallest absolute Gasteiger partial charge is 0.341 e. The molecule has 0 spiro atoms. The molecule has 19 heavy (non-hydrogen) atoms. The number of hydrogen-bond acceptors (Lipinski definition) is 3. The third kappa shape index (κ3) is 6.91. The van der Waals surface area contributed by atoms with E-state index < -0.39 is 0 Å². The summed E-state index contributed by atoms with van der Waals surface area (Å²) in [6, 6.07) is 7.24. The van der Waals surface area contributed by atoms with Crippen molar-refractivity contribution in [3.63, 3.8) is 0 Å². The molecule has 0 bridgehead atoms. The minimum Gasteiger partial charge on any atom is -0.493 e. The molecule has 0 N–H and O–H groups in total. The number of benzene rings is 1. The molecule has 1 rings (SSSR count). The summed E-state index contributed by atoms with van der Waals surface area (Å²) in [6.45, 7) is 5.28. The molecule has 0 atom stereocenters. The van der Waals surface area contributed by atoms with Crippen molar-refractivity contribution in [2.24, 2.45) is 0 Å². The summed E-state index contributed by atoms with van der Waals surface area (Å²) in [4.78, 5) is 11.9. The molecule has 0 aromatic heterocycles. The second-order valence-corrected chi connectivity index (χ2v) is 4.19. The van der Waals surface area contributed by atoms with E-state index in [0.717, 1.165) is 25.7 Å². The van der Waals surface area contributed by atoms with Gasteiger partial charge in [-0.1, -0.05) is 38.8 Å². The molecule has 0 saturated heterocycles. The molecule has 4 heteroatoms. The molecular formula is C15H22O3Zr. The third-order valence-corrected chi connectivity index (χ3v) is 2.59. The fourth-order valence-corrected chi connectivity index (χ4v) is 1.47. The molecular weight excluding hydrogens is 319 g/mol. The van der Waals surface area contributed by atoms with E-state index in [4.69, 9.17) is 9.47 Å². The standard InChI is InChI=1S/C15H22O3.Zr/c1-3-5-11-17-14-10-8-7-9-13(14)15(16)18-12-6-4-2;/h7-10H,3-6,11-12H2,1-2H3;. The average Bonchev–Trinajstić information content (AvgIpc) is 2.40. The molecule has 0 radical (unpaired) electrons. The van der Waals surface area contributed by atoms with E-state index in [0.29, 0.717) is 24.5 Å². The van der Waals surface area contributed by atoms with E-state index in [1.54, 1.807) is 6.07 Å². The SMILES string of the molecule is CCCCOC(=O)c1ccccc1OCCCC.[Zr]. The van der Waals surface area contributed by atoms with Crippen molar-refractivity contribution in [3.05, 3.63) is 29.8 Å². The summed E-state index contributed by atoms with van der Waals surface area (Å²) >= 11 is 0. The number of ether oxygens (including phenoxy) is 2. The van der Waals surface area contributed by atoms with E-state index in [-0.39, 0.29) is 32.2 Å². The molecule has 0 heterocycles. The molecule has 0 aliphatic rings. The zero-order chi connectivity index (χ0) is 13.2. The van der Waals surface area contributed by atoms with E-state index >= 15 is 0 Å². The monoisotopic (exact) mass is 340 g/mol. The van der Waals surface area contributed by atoms with Gasteiger partial charge >= 0.3 is 5.97 Å². The van der Waals surface area contributed by atoms with Crippen LogP contribution in [0.3, 0.4) is 0 Å². The zero-order valence-corrected chi connectivity index (χ0v) is 14.2. The van der Waals surface area contributed by atoms with Gasteiger partial charge in [-0.3, -0.25) is 0 Å². The number of rotatable bonds is 8. The van der Waals surface area contributed by atoms with Crippen molar-refractivity contribution in [2.45, 2.75) is 39.5 Å². The topological polar surface area (TPSA) is 35.5 Å². The second-order valence-electron chi connectivity index (χ2n) is 4.19. The van der Waals surface area contributed by atoms with Gasteiger partial charge < -0.3 is 9.47 Å². The summed E-state index contributed by atoms with van der Waals surface area (Å²) in [6.07, 6.45) is 3.97. The summed E-state index contributed by atoms with van der Waals surface area (Å²) in [5.74, 6) is 0.322. The molecule has 0 amide bonds. The van der Waals surface area contributed by atoms with Gasteiger partial charge in [0.25, 0.3) is 0 Å².